The highest BCUT2D eigenvalue weighted by Crippen LogP contribution is 2.16. The summed E-state index contributed by atoms with van der Waals surface area (Å²) in [4.78, 5) is 15.5. The number of carbonyl (C=O) groups is 1. The number of benzene rings is 1. The van der Waals surface area contributed by atoms with Gasteiger partial charge in [0, 0.05) is 32.7 Å². The van der Waals surface area contributed by atoms with Crippen LogP contribution in [-0.2, 0) is 4.74 Å². The molecule has 1 atom stereocenters. The summed E-state index contributed by atoms with van der Waals surface area (Å²) >= 11 is 0. The van der Waals surface area contributed by atoms with Gasteiger partial charge in [0.15, 0.2) is 0 Å². The number of amides is 1. The molecule has 0 bridgehead atoms. The van der Waals surface area contributed by atoms with Crippen molar-refractivity contribution in [2.75, 3.05) is 45.9 Å². The smallest absolute Gasteiger partial charge is 0.409 e. The first-order valence-corrected chi connectivity index (χ1v) is 8.10. The highest BCUT2D eigenvalue weighted by atomic mass is 16.6. The highest BCUT2D eigenvalue weighted by molar-refractivity contribution is 5.67. The van der Waals surface area contributed by atoms with Crippen LogP contribution >= 0.6 is 0 Å². The first kappa shape index (κ1) is 17.6. The summed E-state index contributed by atoms with van der Waals surface area (Å²) in [6, 6.07) is 7.77. The van der Waals surface area contributed by atoms with Crippen LogP contribution in [0.25, 0.3) is 0 Å². The number of hydrogen-bond donors (Lipinski definition) is 1. The van der Waals surface area contributed by atoms with Gasteiger partial charge in [-0.2, -0.15) is 0 Å². The van der Waals surface area contributed by atoms with Crippen LogP contribution in [0.5, 0.6) is 5.75 Å². The van der Waals surface area contributed by atoms with Crippen molar-refractivity contribution in [2.24, 2.45) is 0 Å². The zero-order valence-electron chi connectivity index (χ0n) is 13.9. The van der Waals surface area contributed by atoms with Gasteiger partial charge in [-0.15, -0.1) is 0 Å². The molecule has 1 saturated heterocycles. The maximum atomic E-state index is 11.6. The third-order valence-corrected chi connectivity index (χ3v) is 3.89. The zero-order valence-corrected chi connectivity index (χ0v) is 13.9. The number of aliphatic hydroxyl groups is 1. The lowest BCUT2D eigenvalue weighted by molar-refractivity contribution is 0.0406. The second-order valence-electron chi connectivity index (χ2n) is 5.72. The fourth-order valence-electron chi connectivity index (χ4n) is 2.58. The largest absolute Gasteiger partial charge is 0.491 e. The van der Waals surface area contributed by atoms with Gasteiger partial charge in [0.2, 0.25) is 0 Å². The molecule has 1 aromatic carbocycles. The van der Waals surface area contributed by atoms with Crippen molar-refractivity contribution in [1.82, 2.24) is 9.80 Å². The van der Waals surface area contributed by atoms with E-state index in [-0.39, 0.29) is 12.7 Å². The molecule has 1 aliphatic rings. The molecule has 0 saturated carbocycles. The number of piperazine rings is 1. The lowest BCUT2D eigenvalue weighted by Gasteiger charge is -2.34. The summed E-state index contributed by atoms with van der Waals surface area (Å²) in [6.45, 7) is 7.73. The van der Waals surface area contributed by atoms with E-state index in [0.29, 0.717) is 26.2 Å². The SMILES string of the molecule is CCOC(=O)N1CCN(CC(O)COc2ccccc2C)CC1. The molecule has 1 aromatic rings. The molecular weight excluding hydrogens is 296 g/mol. The molecule has 0 aliphatic carbocycles. The Labute approximate surface area is 137 Å². The van der Waals surface area contributed by atoms with Crippen molar-refractivity contribution in [3.05, 3.63) is 29.8 Å². The van der Waals surface area contributed by atoms with Crippen molar-refractivity contribution < 1.29 is 19.4 Å². The summed E-state index contributed by atoms with van der Waals surface area (Å²) in [5.74, 6) is 0.804. The molecule has 1 heterocycles. The first-order valence-electron chi connectivity index (χ1n) is 8.10. The first-order chi connectivity index (χ1) is 11.1. The molecule has 23 heavy (non-hydrogen) atoms. The number of aliphatic hydroxyl groups excluding tert-OH is 1. The number of aryl methyl sites for hydroxylation is 1. The van der Waals surface area contributed by atoms with E-state index < -0.39 is 6.10 Å². The fourth-order valence-corrected chi connectivity index (χ4v) is 2.58. The molecule has 1 N–H and O–H groups in total. The minimum atomic E-state index is -0.552. The second kappa shape index (κ2) is 8.74. The third-order valence-electron chi connectivity index (χ3n) is 3.89. The van der Waals surface area contributed by atoms with E-state index in [1.165, 1.54) is 0 Å². The van der Waals surface area contributed by atoms with Crippen LogP contribution in [0.4, 0.5) is 4.79 Å². The quantitative estimate of drug-likeness (QED) is 0.860. The summed E-state index contributed by atoms with van der Waals surface area (Å²) in [7, 11) is 0. The van der Waals surface area contributed by atoms with Crippen LogP contribution in [-0.4, -0.2) is 73.0 Å². The van der Waals surface area contributed by atoms with E-state index in [1.807, 2.05) is 31.2 Å². The Morgan fingerprint density at radius 2 is 1.96 bits per heavy atom. The van der Waals surface area contributed by atoms with Crippen LogP contribution in [0.15, 0.2) is 24.3 Å². The maximum Gasteiger partial charge on any atom is 0.409 e. The second-order valence-corrected chi connectivity index (χ2v) is 5.72. The van der Waals surface area contributed by atoms with E-state index in [9.17, 15) is 9.90 Å². The molecule has 1 amide bonds. The fraction of sp³-hybridized carbons (Fsp3) is 0.588. The van der Waals surface area contributed by atoms with Crippen molar-refractivity contribution in [2.45, 2.75) is 20.0 Å². The number of hydrogen-bond acceptors (Lipinski definition) is 5. The van der Waals surface area contributed by atoms with Crippen LogP contribution in [0.1, 0.15) is 12.5 Å². The molecule has 6 nitrogen and oxygen atoms in total. The molecule has 128 valence electrons. The maximum absolute atomic E-state index is 11.6. The average Bonchev–Trinajstić information content (AvgIpc) is 2.55. The molecule has 0 spiro atoms. The van der Waals surface area contributed by atoms with Crippen LogP contribution in [0.2, 0.25) is 0 Å². The summed E-state index contributed by atoms with van der Waals surface area (Å²) < 4.78 is 10.7. The van der Waals surface area contributed by atoms with Crippen LogP contribution in [0, 0.1) is 6.92 Å². The van der Waals surface area contributed by atoms with Gasteiger partial charge >= 0.3 is 6.09 Å². The summed E-state index contributed by atoms with van der Waals surface area (Å²) in [6.07, 6.45) is -0.806. The minimum absolute atomic E-state index is 0.254. The van der Waals surface area contributed by atoms with Gasteiger partial charge in [-0.3, -0.25) is 4.90 Å². The summed E-state index contributed by atoms with van der Waals surface area (Å²) in [5.41, 5.74) is 1.06. The Kier molecular flexibility index (Phi) is 6.67. The number of rotatable bonds is 6. The lowest BCUT2D eigenvalue weighted by atomic mass is 10.2. The van der Waals surface area contributed by atoms with E-state index in [0.717, 1.165) is 24.4 Å². The van der Waals surface area contributed by atoms with E-state index in [4.69, 9.17) is 9.47 Å². The predicted octanol–water partition coefficient (Wildman–Crippen LogP) is 1.51. The van der Waals surface area contributed by atoms with E-state index in [2.05, 4.69) is 4.90 Å². The number of β-amino-alcohol motifs (C(OH)–C–C–N with tert-alkyl or cyclic N) is 1. The topological polar surface area (TPSA) is 62.2 Å². The Morgan fingerprint density at radius 3 is 2.61 bits per heavy atom. The molecule has 2 rings (SSSR count). The predicted molar refractivity (Wildman–Crippen MR) is 87.7 cm³/mol. The molecule has 1 fully saturated rings. The number of ether oxygens (including phenoxy) is 2. The minimum Gasteiger partial charge on any atom is -0.491 e. The molecule has 0 radical (unpaired) electrons. The van der Waals surface area contributed by atoms with E-state index >= 15 is 0 Å². The Balaban J connectivity index is 1.69. The van der Waals surface area contributed by atoms with Gasteiger partial charge in [-0.1, -0.05) is 18.2 Å². The normalized spacial score (nSPS) is 16.9. The van der Waals surface area contributed by atoms with Crippen molar-refractivity contribution >= 4 is 6.09 Å². The van der Waals surface area contributed by atoms with Gasteiger partial charge in [-0.25, -0.2) is 4.79 Å². The Morgan fingerprint density at radius 1 is 1.26 bits per heavy atom. The zero-order chi connectivity index (χ0) is 16.7. The van der Waals surface area contributed by atoms with E-state index in [1.54, 1.807) is 11.8 Å². The van der Waals surface area contributed by atoms with Crippen molar-refractivity contribution in [3.8, 4) is 5.75 Å². The number of para-hydroxylation sites is 1. The molecule has 6 heteroatoms. The summed E-state index contributed by atoms with van der Waals surface area (Å²) in [5, 5.41) is 10.1. The number of nitrogens with zero attached hydrogens (tertiary/aromatic N) is 2. The lowest BCUT2D eigenvalue weighted by Crippen LogP contribution is -2.51. The Hall–Kier alpha value is -1.79. The van der Waals surface area contributed by atoms with Gasteiger partial charge in [0.25, 0.3) is 0 Å². The molecule has 0 aromatic heterocycles. The van der Waals surface area contributed by atoms with Crippen LogP contribution < -0.4 is 4.74 Å². The number of carbonyl (C=O) groups excluding carboxylic acids is 1. The highest BCUT2D eigenvalue weighted by Gasteiger charge is 2.23. The average molecular weight is 322 g/mol. The van der Waals surface area contributed by atoms with Crippen LogP contribution in [0.3, 0.4) is 0 Å². The standard InChI is InChI=1S/C17H26N2O4/c1-3-22-17(21)19-10-8-18(9-11-19)12-15(20)13-23-16-7-5-4-6-14(16)2/h4-7,15,20H,3,8-13H2,1-2H3. The van der Waals surface area contributed by atoms with Gasteiger partial charge in [0.05, 0.1) is 6.61 Å². The monoisotopic (exact) mass is 322 g/mol. The molecule has 1 aliphatic heterocycles. The van der Waals surface area contributed by atoms with Crippen molar-refractivity contribution in [3.63, 3.8) is 0 Å². The van der Waals surface area contributed by atoms with Gasteiger partial charge in [-0.05, 0) is 25.5 Å². The van der Waals surface area contributed by atoms with Gasteiger partial charge in [0.1, 0.15) is 18.5 Å². The van der Waals surface area contributed by atoms with Gasteiger partial charge < -0.3 is 19.5 Å². The van der Waals surface area contributed by atoms with Crippen molar-refractivity contribution in [1.29, 1.82) is 0 Å². The molecular formula is C17H26N2O4. The Bertz CT molecular complexity index is 501. The third kappa shape index (κ3) is 5.41. The molecule has 1 unspecified atom stereocenters.